The summed E-state index contributed by atoms with van der Waals surface area (Å²) in [5.74, 6) is 0.738. The molecule has 2 N–H and O–H groups in total. The highest BCUT2D eigenvalue weighted by atomic mass is 16.3. The Morgan fingerprint density at radius 1 is 1.23 bits per heavy atom. The van der Waals surface area contributed by atoms with Gasteiger partial charge >= 0.3 is 0 Å². The summed E-state index contributed by atoms with van der Waals surface area (Å²) in [7, 11) is 0. The molecule has 1 saturated carbocycles. The maximum Gasteiger partial charge on any atom is 0.139 e. The zero-order valence-corrected chi connectivity index (χ0v) is 14.7. The molecule has 0 aliphatic heterocycles. The van der Waals surface area contributed by atoms with Gasteiger partial charge in [0, 0.05) is 36.1 Å². The lowest BCUT2D eigenvalue weighted by Crippen LogP contribution is -2.22. The van der Waals surface area contributed by atoms with Crippen LogP contribution in [0, 0.1) is 0 Å². The summed E-state index contributed by atoms with van der Waals surface area (Å²) >= 11 is 0. The summed E-state index contributed by atoms with van der Waals surface area (Å²) in [5, 5.41) is 11.4. The zero-order chi connectivity index (χ0) is 17.7. The van der Waals surface area contributed by atoms with Gasteiger partial charge in [-0.25, -0.2) is 15.0 Å². The third-order valence-corrected chi connectivity index (χ3v) is 5.61. The van der Waals surface area contributed by atoms with Crippen molar-refractivity contribution in [3.63, 3.8) is 0 Å². The average Bonchev–Trinajstić information content (AvgIpc) is 3.39. The van der Waals surface area contributed by atoms with Gasteiger partial charge in [-0.15, -0.1) is 0 Å². The minimum atomic E-state index is -0.609. The molecule has 0 saturated heterocycles. The lowest BCUT2D eigenvalue weighted by atomic mass is 9.90. The van der Waals surface area contributed by atoms with Crippen molar-refractivity contribution in [3.8, 4) is 0 Å². The predicted molar refractivity (Wildman–Crippen MR) is 98.8 cm³/mol. The topological polar surface area (TPSA) is 84.5 Å². The summed E-state index contributed by atoms with van der Waals surface area (Å²) in [6, 6.07) is 2.89. The average molecular weight is 350 g/mol. The number of rotatable bonds is 3. The number of aromatic nitrogens is 6. The Hall–Kier alpha value is -2.67. The number of fused-ring (bicyclic) bond motifs is 3. The van der Waals surface area contributed by atoms with Crippen molar-refractivity contribution < 1.29 is 5.11 Å². The van der Waals surface area contributed by atoms with Crippen molar-refractivity contribution in [3.05, 3.63) is 43.0 Å². The fourth-order valence-corrected chi connectivity index (χ4v) is 4.37. The maximum absolute atomic E-state index is 10.3. The molecule has 4 heterocycles. The van der Waals surface area contributed by atoms with Gasteiger partial charge in [-0.1, -0.05) is 0 Å². The normalized spacial score (nSPS) is 22.2. The molecule has 7 nitrogen and oxygen atoms in total. The number of aliphatic hydroxyl groups excluding tert-OH is 1. The lowest BCUT2D eigenvalue weighted by Gasteiger charge is -2.31. The molecule has 1 atom stereocenters. The molecule has 26 heavy (non-hydrogen) atoms. The van der Waals surface area contributed by atoms with Gasteiger partial charge in [0.25, 0.3) is 0 Å². The van der Waals surface area contributed by atoms with E-state index in [4.69, 9.17) is 4.98 Å². The Balaban J connectivity index is 1.57. The van der Waals surface area contributed by atoms with Gasteiger partial charge in [-0.05, 0) is 38.7 Å². The Morgan fingerprint density at radius 3 is 2.77 bits per heavy atom. The Morgan fingerprint density at radius 2 is 2.04 bits per heavy atom. The summed E-state index contributed by atoms with van der Waals surface area (Å²) in [6.07, 6.45) is 13.2. The molecule has 1 aliphatic carbocycles. The van der Waals surface area contributed by atoms with Crippen LogP contribution in [0.1, 0.15) is 56.6 Å². The SMILES string of the molecule is C[C@@H](O)c1nc2cnc3[nH]ccc3c2n1C1CCC(n2ccnc2)CC1. The number of aromatic amines is 1. The number of imidazole rings is 2. The minimum Gasteiger partial charge on any atom is -0.385 e. The van der Waals surface area contributed by atoms with E-state index in [1.165, 1.54) is 0 Å². The molecule has 0 amide bonds. The highest BCUT2D eigenvalue weighted by Gasteiger charge is 2.28. The van der Waals surface area contributed by atoms with Crippen LogP contribution in [-0.4, -0.2) is 34.2 Å². The number of nitrogens with one attached hydrogen (secondary N) is 1. The summed E-state index contributed by atoms with van der Waals surface area (Å²) in [6.45, 7) is 1.79. The number of hydrogen-bond acceptors (Lipinski definition) is 4. The quantitative estimate of drug-likeness (QED) is 0.592. The molecule has 134 valence electrons. The standard InChI is InChI=1S/C19H22N6O/c1-12(26)19-23-16-10-22-18-15(6-7-21-18)17(16)25(19)14-4-2-13(3-5-14)24-9-8-20-11-24/h6-14,26H,2-5H2,1H3,(H,21,22)/t12-,13?,14?/m1/s1. The fourth-order valence-electron chi connectivity index (χ4n) is 4.37. The zero-order valence-electron chi connectivity index (χ0n) is 14.7. The van der Waals surface area contributed by atoms with Crippen LogP contribution in [0.3, 0.4) is 0 Å². The monoisotopic (exact) mass is 350 g/mol. The fraction of sp³-hybridized carbons (Fsp3) is 0.421. The minimum absolute atomic E-state index is 0.338. The van der Waals surface area contributed by atoms with E-state index in [2.05, 4.69) is 24.1 Å². The van der Waals surface area contributed by atoms with Gasteiger partial charge in [0.15, 0.2) is 0 Å². The second-order valence-electron chi connectivity index (χ2n) is 7.22. The van der Waals surface area contributed by atoms with Gasteiger partial charge in [0.05, 0.1) is 18.0 Å². The molecule has 0 aromatic carbocycles. The molecular weight excluding hydrogens is 328 g/mol. The molecule has 1 fully saturated rings. The van der Waals surface area contributed by atoms with Crippen LogP contribution in [0.4, 0.5) is 0 Å². The van der Waals surface area contributed by atoms with E-state index in [0.29, 0.717) is 12.1 Å². The van der Waals surface area contributed by atoms with Gasteiger partial charge in [0.1, 0.15) is 23.1 Å². The lowest BCUT2D eigenvalue weighted by molar-refractivity contribution is 0.175. The maximum atomic E-state index is 10.3. The molecule has 1 aliphatic rings. The third-order valence-electron chi connectivity index (χ3n) is 5.61. The van der Waals surface area contributed by atoms with Crippen molar-refractivity contribution in [1.82, 2.24) is 29.1 Å². The molecule has 0 radical (unpaired) electrons. The summed E-state index contributed by atoms with van der Waals surface area (Å²) in [4.78, 5) is 16.5. The largest absolute Gasteiger partial charge is 0.385 e. The van der Waals surface area contributed by atoms with Gasteiger partial charge < -0.3 is 19.2 Å². The van der Waals surface area contributed by atoms with Crippen LogP contribution in [0.2, 0.25) is 0 Å². The van der Waals surface area contributed by atoms with Crippen LogP contribution in [0.25, 0.3) is 22.1 Å². The van der Waals surface area contributed by atoms with E-state index in [-0.39, 0.29) is 0 Å². The van der Waals surface area contributed by atoms with Crippen molar-refractivity contribution in [2.45, 2.75) is 50.8 Å². The second-order valence-corrected chi connectivity index (χ2v) is 7.22. The van der Waals surface area contributed by atoms with Crippen LogP contribution < -0.4 is 0 Å². The van der Waals surface area contributed by atoms with E-state index in [1.54, 1.807) is 13.1 Å². The Kier molecular flexibility index (Phi) is 3.56. The van der Waals surface area contributed by atoms with Gasteiger partial charge in [-0.2, -0.15) is 0 Å². The first kappa shape index (κ1) is 15.6. The van der Waals surface area contributed by atoms with Crippen LogP contribution in [-0.2, 0) is 0 Å². The molecule has 4 aromatic heterocycles. The summed E-state index contributed by atoms with van der Waals surface area (Å²) < 4.78 is 4.48. The van der Waals surface area contributed by atoms with E-state index < -0.39 is 6.10 Å². The smallest absolute Gasteiger partial charge is 0.139 e. The molecular formula is C19H22N6O. The van der Waals surface area contributed by atoms with Gasteiger partial charge in [0.2, 0.25) is 0 Å². The highest BCUT2D eigenvalue weighted by Crippen LogP contribution is 2.39. The van der Waals surface area contributed by atoms with Crippen LogP contribution in [0.5, 0.6) is 0 Å². The molecule has 7 heteroatoms. The third kappa shape index (κ3) is 2.34. The van der Waals surface area contributed by atoms with Gasteiger partial charge in [-0.3, -0.25) is 0 Å². The van der Waals surface area contributed by atoms with Crippen molar-refractivity contribution in [2.75, 3.05) is 0 Å². The van der Waals surface area contributed by atoms with Crippen molar-refractivity contribution in [1.29, 1.82) is 0 Å². The molecule has 0 unspecified atom stereocenters. The van der Waals surface area contributed by atoms with Crippen molar-refractivity contribution in [2.24, 2.45) is 0 Å². The first-order chi connectivity index (χ1) is 12.7. The molecule has 5 rings (SSSR count). The molecule has 0 spiro atoms. The highest BCUT2D eigenvalue weighted by molar-refractivity contribution is 6.01. The Labute approximate surface area is 150 Å². The molecule has 4 aromatic rings. The first-order valence-corrected chi connectivity index (χ1v) is 9.22. The number of H-pyrrole nitrogens is 1. The van der Waals surface area contributed by atoms with Crippen LogP contribution in [0.15, 0.2) is 37.2 Å². The van der Waals surface area contributed by atoms with Crippen molar-refractivity contribution >= 4 is 22.1 Å². The Bertz CT molecular complexity index is 1040. The van der Waals surface area contributed by atoms with E-state index in [1.807, 2.05) is 31.0 Å². The van der Waals surface area contributed by atoms with E-state index in [0.717, 1.165) is 53.6 Å². The summed E-state index contributed by atoms with van der Waals surface area (Å²) in [5.41, 5.74) is 2.80. The first-order valence-electron chi connectivity index (χ1n) is 9.22. The second kappa shape index (κ2) is 5.95. The van der Waals surface area contributed by atoms with E-state index in [9.17, 15) is 5.11 Å². The number of hydrogen-bond donors (Lipinski definition) is 2. The molecule has 0 bridgehead atoms. The number of pyridine rings is 1. The number of nitrogens with zero attached hydrogens (tertiary/aromatic N) is 5. The van der Waals surface area contributed by atoms with Crippen LogP contribution >= 0.6 is 0 Å². The van der Waals surface area contributed by atoms with E-state index >= 15 is 0 Å². The predicted octanol–water partition coefficient (Wildman–Crippen LogP) is 3.52. The number of aliphatic hydroxyl groups is 1.